The van der Waals surface area contributed by atoms with E-state index >= 15 is 0 Å². The fraction of sp³-hybridized carbons (Fsp3) is 0.182. The van der Waals surface area contributed by atoms with Crippen LogP contribution < -0.4 is 10.5 Å². The van der Waals surface area contributed by atoms with Gasteiger partial charge in [-0.2, -0.15) is 5.10 Å². The van der Waals surface area contributed by atoms with Crippen LogP contribution in [0.3, 0.4) is 0 Å². The van der Waals surface area contributed by atoms with Crippen LogP contribution in [0.25, 0.3) is 0 Å². The molecule has 9 heteroatoms. The summed E-state index contributed by atoms with van der Waals surface area (Å²) in [6.07, 6.45) is 1.70. The zero-order valence-electron chi connectivity index (χ0n) is 10.5. The first-order valence-electron chi connectivity index (χ1n) is 5.52. The average Bonchev–Trinajstić information content (AvgIpc) is 2.77. The monoisotopic (exact) mass is 362 g/mol. The molecule has 0 saturated carbocycles. The summed E-state index contributed by atoms with van der Waals surface area (Å²) in [6, 6.07) is 3.78. The van der Waals surface area contributed by atoms with Gasteiger partial charge >= 0.3 is 0 Å². The molecule has 3 N–H and O–H groups in total. The van der Waals surface area contributed by atoms with Crippen molar-refractivity contribution in [2.75, 3.05) is 5.73 Å². The third-order valence-corrected chi connectivity index (χ3v) is 4.62. The van der Waals surface area contributed by atoms with Crippen LogP contribution in [0, 0.1) is 5.82 Å². The third-order valence-electron chi connectivity index (χ3n) is 2.55. The Morgan fingerprint density at radius 3 is 2.80 bits per heavy atom. The van der Waals surface area contributed by atoms with E-state index in [2.05, 4.69) is 25.8 Å². The van der Waals surface area contributed by atoms with Crippen molar-refractivity contribution in [2.45, 2.75) is 11.4 Å². The summed E-state index contributed by atoms with van der Waals surface area (Å²) in [5.41, 5.74) is 5.96. The summed E-state index contributed by atoms with van der Waals surface area (Å²) in [6.45, 7) is 0.0254. The lowest BCUT2D eigenvalue weighted by Crippen LogP contribution is -2.24. The number of sulfonamides is 1. The number of benzene rings is 1. The molecule has 6 nitrogen and oxygen atoms in total. The Morgan fingerprint density at radius 1 is 1.50 bits per heavy atom. The Labute approximate surface area is 124 Å². The Bertz CT molecular complexity index is 745. The number of anilines is 1. The molecule has 20 heavy (non-hydrogen) atoms. The third kappa shape index (κ3) is 3.17. The van der Waals surface area contributed by atoms with Crippen LogP contribution in [0.1, 0.15) is 5.69 Å². The topological polar surface area (TPSA) is 90.0 Å². The van der Waals surface area contributed by atoms with Gasteiger partial charge in [0.25, 0.3) is 0 Å². The average molecular weight is 363 g/mol. The number of halogens is 2. The Morgan fingerprint density at radius 2 is 2.20 bits per heavy atom. The van der Waals surface area contributed by atoms with Crippen molar-refractivity contribution in [3.05, 3.63) is 40.4 Å². The number of nitrogens with one attached hydrogen (secondary N) is 1. The van der Waals surface area contributed by atoms with Crippen LogP contribution in [0.4, 0.5) is 10.1 Å². The number of rotatable bonds is 4. The molecule has 0 aliphatic heterocycles. The van der Waals surface area contributed by atoms with Gasteiger partial charge in [-0.1, -0.05) is 0 Å². The molecule has 0 atom stereocenters. The lowest BCUT2D eigenvalue weighted by Gasteiger charge is -2.09. The van der Waals surface area contributed by atoms with Gasteiger partial charge in [0.15, 0.2) is 0 Å². The Balaban J connectivity index is 2.24. The fourth-order valence-electron chi connectivity index (χ4n) is 1.58. The zero-order valence-corrected chi connectivity index (χ0v) is 12.9. The van der Waals surface area contributed by atoms with Gasteiger partial charge in [0, 0.05) is 13.2 Å². The van der Waals surface area contributed by atoms with Crippen molar-refractivity contribution in [3.63, 3.8) is 0 Å². The molecule has 0 radical (unpaired) electrons. The number of hydrogen-bond acceptors (Lipinski definition) is 4. The van der Waals surface area contributed by atoms with Gasteiger partial charge in [0.1, 0.15) is 10.7 Å². The van der Waals surface area contributed by atoms with Crippen molar-refractivity contribution >= 4 is 31.6 Å². The highest BCUT2D eigenvalue weighted by atomic mass is 79.9. The standard InChI is InChI=1S/C11H12BrFN4O2S/c1-17-3-2-7(16-17)6-15-20(18,19)11-4-8(12)9(13)5-10(11)14/h2-5,15H,6,14H2,1H3. The molecule has 1 heterocycles. The van der Waals surface area contributed by atoms with Crippen molar-refractivity contribution in [1.82, 2.24) is 14.5 Å². The van der Waals surface area contributed by atoms with Gasteiger partial charge < -0.3 is 5.73 Å². The molecule has 0 aliphatic rings. The smallest absolute Gasteiger partial charge is 0.243 e. The van der Waals surface area contributed by atoms with Crippen molar-refractivity contribution in [1.29, 1.82) is 0 Å². The van der Waals surface area contributed by atoms with E-state index in [1.54, 1.807) is 24.0 Å². The van der Waals surface area contributed by atoms with E-state index in [4.69, 9.17) is 5.73 Å². The van der Waals surface area contributed by atoms with E-state index < -0.39 is 15.8 Å². The highest BCUT2D eigenvalue weighted by Crippen LogP contribution is 2.26. The van der Waals surface area contributed by atoms with E-state index in [-0.39, 0.29) is 21.6 Å². The molecule has 108 valence electrons. The molecule has 0 amide bonds. The molecule has 0 fully saturated rings. The van der Waals surface area contributed by atoms with Gasteiger partial charge in [-0.25, -0.2) is 17.5 Å². The van der Waals surface area contributed by atoms with Crippen LogP contribution in [0.2, 0.25) is 0 Å². The molecule has 0 aliphatic carbocycles. The normalized spacial score (nSPS) is 11.8. The maximum absolute atomic E-state index is 13.2. The number of aromatic nitrogens is 2. The number of nitrogen functional groups attached to an aromatic ring is 1. The van der Waals surface area contributed by atoms with Crippen LogP contribution in [0.15, 0.2) is 33.8 Å². The minimum absolute atomic E-state index is 0.0254. The van der Waals surface area contributed by atoms with Gasteiger partial charge in [-0.05, 0) is 34.1 Å². The van der Waals surface area contributed by atoms with Crippen molar-refractivity contribution < 1.29 is 12.8 Å². The second kappa shape index (κ2) is 5.51. The Hall–Kier alpha value is -1.45. The van der Waals surface area contributed by atoms with Crippen LogP contribution >= 0.6 is 15.9 Å². The Kier molecular flexibility index (Phi) is 4.11. The highest BCUT2D eigenvalue weighted by Gasteiger charge is 2.19. The summed E-state index contributed by atoms with van der Waals surface area (Å²) < 4.78 is 41.5. The molecule has 0 unspecified atom stereocenters. The molecule has 0 spiro atoms. The second-order valence-corrected chi connectivity index (χ2v) is 6.70. The number of hydrogen-bond donors (Lipinski definition) is 2. The predicted octanol–water partition coefficient (Wildman–Crippen LogP) is 1.38. The van der Waals surface area contributed by atoms with Gasteiger partial charge in [-0.3, -0.25) is 4.68 Å². The summed E-state index contributed by atoms with van der Waals surface area (Å²) in [5, 5.41) is 4.05. The van der Waals surface area contributed by atoms with Crippen LogP contribution in [-0.2, 0) is 23.6 Å². The van der Waals surface area contributed by atoms with E-state index in [0.717, 1.165) is 12.1 Å². The molecule has 1 aromatic carbocycles. The lowest BCUT2D eigenvalue weighted by atomic mass is 10.3. The summed E-state index contributed by atoms with van der Waals surface area (Å²) in [7, 11) is -2.11. The summed E-state index contributed by atoms with van der Waals surface area (Å²) in [4.78, 5) is -0.179. The minimum Gasteiger partial charge on any atom is -0.398 e. The highest BCUT2D eigenvalue weighted by molar-refractivity contribution is 9.10. The van der Waals surface area contributed by atoms with E-state index in [9.17, 15) is 12.8 Å². The lowest BCUT2D eigenvalue weighted by molar-refractivity contribution is 0.579. The molecular formula is C11H12BrFN4O2S. The van der Waals surface area contributed by atoms with Crippen molar-refractivity contribution in [3.8, 4) is 0 Å². The maximum atomic E-state index is 13.2. The number of aryl methyl sites for hydroxylation is 1. The van der Waals surface area contributed by atoms with Gasteiger partial charge in [-0.15, -0.1) is 0 Å². The summed E-state index contributed by atoms with van der Waals surface area (Å²) >= 11 is 2.93. The number of nitrogens with two attached hydrogens (primary N) is 1. The largest absolute Gasteiger partial charge is 0.398 e. The minimum atomic E-state index is -3.84. The molecule has 0 saturated heterocycles. The van der Waals surface area contributed by atoms with E-state index in [1.165, 1.54) is 0 Å². The van der Waals surface area contributed by atoms with E-state index in [0.29, 0.717) is 5.69 Å². The second-order valence-electron chi connectivity index (χ2n) is 4.11. The predicted molar refractivity (Wildman–Crippen MR) is 75.7 cm³/mol. The maximum Gasteiger partial charge on any atom is 0.243 e. The van der Waals surface area contributed by atoms with E-state index in [1.807, 2.05) is 0 Å². The number of nitrogens with zero attached hydrogens (tertiary/aromatic N) is 2. The summed E-state index contributed by atoms with van der Waals surface area (Å²) in [5.74, 6) is -0.619. The fourth-order valence-corrected chi connectivity index (χ4v) is 3.21. The molecule has 2 aromatic rings. The van der Waals surface area contributed by atoms with Crippen LogP contribution in [0.5, 0.6) is 0 Å². The SMILES string of the molecule is Cn1ccc(CNS(=O)(=O)c2cc(Br)c(F)cc2N)n1. The zero-order chi connectivity index (χ0) is 14.9. The van der Waals surface area contributed by atoms with Crippen LogP contribution in [-0.4, -0.2) is 18.2 Å². The molecule has 0 bridgehead atoms. The molecule has 2 rings (SSSR count). The first-order valence-corrected chi connectivity index (χ1v) is 7.80. The molecular weight excluding hydrogens is 351 g/mol. The first kappa shape index (κ1) is 14.9. The quantitative estimate of drug-likeness (QED) is 0.804. The molecule has 1 aromatic heterocycles. The first-order chi connectivity index (χ1) is 9.29. The van der Waals surface area contributed by atoms with Gasteiger partial charge in [0.05, 0.1) is 22.4 Å². The van der Waals surface area contributed by atoms with Crippen molar-refractivity contribution in [2.24, 2.45) is 7.05 Å². The van der Waals surface area contributed by atoms with Gasteiger partial charge in [0.2, 0.25) is 10.0 Å².